The fourth-order valence-electron chi connectivity index (χ4n) is 1.96. The van der Waals surface area contributed by atoms with E-state index in [0.29, 0.717) is 24.4 Å². The van der Waals surface area contributed by atoms with Crippen molar-refractivity contribution in [2.45, 2.75) is 12.6 Å². The molecule has 0 bridgehead atoms. The Morgan fingerprint density at radius 3 is 2.46 bits per heavy atom. The monoisotopic (exact) mass is 387 g/mol. The molecule has 24 heavy (non-hydrogen) atoms. The first kappa shape index (κ1) is 22.6. The van der Waals surface area contributed by atoms with E-state index in [1.54, 1.807) is 6.07 Å². The number of carbonyl (C=O) groups excluding carboxylic acids is 1. The first-order valence-corrected chi connectivity index (χ1v) is 7.85. The molecule has 7 heteroatoms. The summed E-state index contributed by atoms with van der Waals surface area (Å²) in [5, 5.41) is 6.13. The third kappa shape index (κ3) is 7.45. The van der Waals surface area contributed by atoms with Crippen LogP contribution in [0.25, 0.3) is 0 Å². The maximum Gasteiger partial charge on any atom is 0.251 e. The van der Waals surface area contributed by atoms with E-state index in [0.717, 1.165) is 11.3 Å². The molecule has 0 fully saturated rings. The molecule has 1 unspecified atom stereocenters. The van der Waals surface area contributed by atoms with E-state index in [4.69, 9.17) is 5.73 Å². The van der Waals surface area contributed by atoms with Crippen molar-refractivity contribution in [3.05, 3.63) is 65.7 Å². The molecule has 2 aromatic carbocycles. The van der Waals surface area contributed by atoms with E-state index in [2.05, 4.69) is 23.3 Å². The van der Waals surface area contributed by atoms with Crippen molar-refractivity contribution < 1.29 is 4.79 Å². The summed E-state index contributed by atoms with van der Waals surface area (Å²) >= 11 is 4.15. The van der Waals surface area contributed by atoms with Gasteiger partial charge in [0.05, 0.1) is 0 Å². The number of benzene rings is 2. The average molecular weight is 388 g/mol. The summed E-state index contributed by atoms with van der Waals surface area (Å²) in [6, 6.07) is 17.2. The standard InChI is InChI=1S/C17H21N3OS.2ClH/c18-15(12-22)11-19-16-8-4-7-14(9-16)17(21)20-10-13-5-2-1-3-6-13;;/h1-9,15,19,22H,10-12,18H2,(H,20,21);2*1H. The van der Waals surface area contributed by atoms with Gasteiger partial charge in [-0.2, -0.15) is 12.6 Å². The lowest BCUT2D eigenvalue weighted by molar-refractivity contribution is 0.0951. The maximum atomic E-state index is 12.2. The Bertz CT molecular complexity index is 614. The van der Waals surface area contributed by atoms with E-state index in [1.165, 1.54) is 0 Å². The van der Waals surface area contributed by atoms with Gasteiger partial charge in [0.25, 0.3) is 5.91 Å². The van der Waals surface area contributed by atoms with Gasteiger partial charge in [0.15, 0.2) is 0 Å². The van der Waals surface area contributed by atoms with Gasteiger partial charge < -0.3 is 16.4 Å². The number of halogens is 2. The summed E-state index contributed by atoms with van der Waals surface area (Å²) < 4.78 is 0. The minimum Gasteiger partial charge on any atom is -0.383 e. The Balaban J connectivity index is 0.00000264. The van der Waals surface area contributed by atoms with Crippen molar-refractivity contribution in [3.8, 4) is 0 Å². The van der Waals surface area contributed by atoms with Crippen molar-refractivity contribution in [2.75, 3.05) is 17.6 Å². The second kappa shape index (κ2) is 12.0. The number of amides is 1. The quantitative estimate of drug-likeness (QED) is 0.551. The number of nitrogens with one attached hydrogen (secondary N) is 2. The molecule has 1 amide bonds. The molecule has 0 heterocycles. The number of nitrogens with two attached hydrogens (primary N) is 1. The number of rotatable bonds is 7. The van der Waals surface area contributed by atoms with Crippen LogP contribution in [0.3, 0.4) is 0 Å². The zero-order valence-corrected chi connectivity index (χ0v) is 15.7. The Kier molecular flexibility index (Phi) is 11.3. The minimum absolute atomic E-state index is 0. The molecule has 4 N–H and O–H groups in total. The molecule has 0 radical (unpaired) electrons. The lowest BCUT2D eigenvalue weighted by atomic mass is 10.1. The van der Waals surface area contributed by atoms with Gasteiger partial charge in [-0.25, -0.2) is 0 Å². The third-order valence-electron chi connectivity index (χ3n) is 3.22. The topological polar surface area (TPSA) is 67.1 Å². The molecular formula is C17H23Cl2N3OS. The molecule has 0 aliphatic heterocycles. The fraction of sp³-hybridized carbons (Fsp3) is 0.235. The van der Waals surface area contributed by atoms with Crippen molar-refractivity contribution >= 4 is 49.0 Å². The second-order valence-electron chi connectivity index (χ2n) is 5.07. The van der Waals surface area contributed by atoms with Gasteiger partial charge >= 0.3 is 0 Å². The van der Waals surface area contributed by atoms with Gasteiger partial charge in [-0.3, -0.25) is 4.79 Å². The molecule has 0 saturated carbocycles. The zero-order valence-electron chi connectivity index (χ0n) is 13.1. The number of anilines is 1. The van der Waals surface area contributed by atoms with Crippen LogP contribution in [-0.4, -0.2) is 24.2 Å². The van der Waals surface area contributed by atoms with Crippen LogP contribution in [-0.2, 0) is 6.54 Å². The number of hydrogen-bond acceptors (Lipinski definition) is 4. The highest BCUT2D eigenvalue weighted by atomic mass is 35.5. The molecule has 132 valence electrons. The summed E-state index contributed by atoms with van der Waals surface area (Å²) in [6.07, 6.45) is 0. The smallest absolute Gasteiger partial charge is 0.251 e. The summed E-state index contributed by atoms with van der Waals surface area (Å²) in [4.78, 5) is 12.2. The number of thiol groups is 1. The first-order valence-electron chi connectivity index (χ1n) is 7.21. The lowest BCUT2D eigenvalue weighted by Gasteiger charge is -2.12. The van der Waals surface area contributed by atoms with Crippen LogP contribution < -0.4 is 16.4 Å². The van der Waals surface area contributed by atoms with E-state index in [-0.39, 0.29) is 36.8 Å². The fourth-order valence-corrected chi connectivity index (χ4v) is 2.09. The van der Waals surface area contributed by atoms with Gasteiger partial charge in [-0.1, -0.05) is 36.4 Å². The van der Waals surface area contributed by atoms with Crippen molar-refractivity contribution in [3.63, 3.8) is 0 Å². The third-order valence-corrected chi connectivity index (χ3v) is 3.69. The molecule has 2 rings (SSSR count). The summed E-state index contributed by atoms with van der Waals surface area (Å²) in [6.45, 7) is 1.14. The van der Waals surface area contributed by atoms with Gasteiger partial charge in [-0.05, 0) is 23.8 Å². The molecule has 0 saturated heterocycles. The zero-order chi connectivity index (χ0) is 15.8. The molecule has 2 aromatic rings. The molecule has 4 nitrogen and oxygen atoms in total. The van der Waals surface area contributed by atoms with Crippen molar-refractivity contribution in [2.24, 2.45) is 5.73 Å². The molecule has 1 atom stereocenters. The Morgan fingerprint density at radius 2 is 1.79 bits per heavy atom. The predicted molar refractivity (Wildman–Crippen MR) is 109 cm³/mol. The first-order chi connectivity index (χ1) is 10.7. The highest BCUT2D eigenvalue weighted by Crippen LogP contribution is 2.11. The molecule has 0 aliphatic carbocycles. The Labute approximate surface area is 160 Å². The number of hydrogen-bond donors (Lipinski definition) is 4. The van der Waals surface area contributed by atoms with E-state index in [9.17, 15) is 4.79 Å². The Hall–Kier alpha value is -1.40. The van der Waals surface area contributed by atoms with Crippen LogP contribution in [0.4, 0.5) is 5.69 Å². The van der Waals surface area contributed by atoms with Crippen LogP contribution in [0.2, 0.25) is 0 Å². The predicted octanol–water partition coefficient (Wildman–Crippen LogP) is 3.13. The van der Waals surface area contributed by atoms with Crippen LogP contribution in [0.1, 0.15) is 15.9 Å². The average Bonchev–Trinajstić information content (AvgIpc) is 2.58. The van der Waals surface area contributed by atoms with E-state index in [1.807, 2.05) is 48.5 Å². The summed E-state index contributed by atoms with van der Waals surface area (Å²) in [7, 11) is 0. The molecule has 0 aromatic heterocycles. The van der Waals surface area contributed by atoms with Crippen LogP contribution >= 0.6 is 37.4 Å². The van der Waals surface area contributed by atoms with Crippen LogP contribution in [0.15, 0.2) is 54.6 Å². The second-order valence-corrected chi connectivity index (χ2v) is 5.44. The van der Waals surface area contributed by atoms with Crippen molar-refractivity contribution in [1.29, 1.82) is 0 Å². The molecule has 0 spiro atoms. The number of carbonyl (C=O) groups is 1. The minimum atomic E-state index is -0.0917. The van der Waals surface area contributed by atoms with Crippen molar-refractivity contribution in [1.82, 2.24) is 5.32 Å². The normalized spacial score (nSPS) is 10.8. The maximum absolute atomic E-state index is 12.2. The van der Waals surface area contributed by atoms with Gasteiger partial charge in [0.1, 0.15) is 0 Å². The SMILES string of the molecule is Cl.Cl.NC(CS)CNc1cccc(C(=O)NCc2ccccc2)c1. The van der Waals surface area contributed by atoms with Crippen LogP contribution in [0, 0.1) is 0 Å². The summed E-state index contributed by atoms with van der Waals surface area (Å²) in [5.41, 5.74) is 8.39. The molecule has 0 aliphatic rings. The van der Waals surface area contributed by atoms with Crippen LogP contribution in [0.5, 0.6) is 0 Å². The van der Waals surface area contributed by atoms with Gasteiger partial charge in [-0.15, -0.1) is 24.8 Å². The Morgan fingerprint density at radius 1 is 1.08 bits per heavy atom. The van der Waals surface area contributed by atoms with Gasteiger partial charge in [0.2, 0.25) is 0 Å². The van der Waals surface area contributed by atoms with E-state index >= 15 is 0 Å². The highest BCUT2D eigenvalue weighted by Gasteiger charge is 2.06. The molecular weight excluding hydrogens is 365 g/mol. The largest absolute Gasteiger partial charge is 0.383 e. The summed E-state index contributed by atoms with van der Waals surface area (Å²) in [5.74, 6) is 0.524. The van der Waals surface area contributed by atoms with Gasteiger partial charge in [0, 0.05) is 36.1 Å². The highest BCUT2D eigenvalue weighted by molar-refractivity contribution is 7.80. The lowest BCUT2D eigenvalue weighted by Crippen LogP contribution is -2.30. The van der Waals surface area contributed by atoms with E-state index < -0.39 is 0 Å².